The Bertz CT molecular complexity index is 931. The summed E-state index contributed by atoms with van der Waals surface area (Å²) in [6.45, 7) is 6.53. The predicted octanol–water partition coefficient (Wildman–Crippen LogP) is 6.09. The van der Waals surface area contributed by atoms with Crippen LogP contribution in [0.1, 0.15) is 55.8 Å². The summed E-state index contributed by atoms with van der Waals surface area (Å²) in [4.78, 5) is 13.7. The second-order valence-corrected chi connectivity index (χ2v) is 9.80. The van der Waals surface area contributed by atoms with Gasteiger partial charge in [0.25, 0.3) is 0 Å². The molecule has 1 aliphatic carbocycles. The number of hydrogen-bond acceptors (Lipinski definition) is 3. The average Bonchev–Trinajstić information content (AvgIpc) is 2.98. The molecule has 2 aromatic carbocycles. The van der Waals surface area contributed by atoms with E-state index < -0.39 is 5.97 Å². The first-order valence-electron chi connectivity index (χ1n) is 10.4. The van der Waals surface area contributed by atoms with E-state index in [1.807, 2.05) is 24.3 Å². The Morgan fingerprint density at radius 1 is 1.17 bits per heavy atom. The van der Waals surface area contributed by atoms with Crippen molar-refractivity contribution in [3.63, 3.8) is 0 Å². The molecule has 0 saturated carbocycles. The summed E-state index contributed by atoms with van der Waals surface area (Å²) in [5.74, 6) is -0.0622. The number of hydrogen-bond donors (Lipinski definition) is 1. The summed E-state index contributed by atoms with van der Waals surface area (Å²) in [5.41, 5.74) is 3.46. The summed E-state index contributed by atoms with van der Waals surface area (Å²) in [7, 11) is 0. The molecule has 0 aromatic heterocycles. The van der Waals surface area contributed by atoms with E-state index in [4.69, 9.17) is 27.9 Å². The molecule has 1 fully saturated rings. The van der Waals surface area contributed by atoms with Crippen molar-refractivity contribution >= 4 is 29.2 Å². The van der Waals surface area contributed by atoms with E-state index in [1.54, 1.807) is 0 Å². The highest BCUT2D eigenvalue weighted by Crippen LogP contribution is 2.49. The van der Waals surface area contributed by atoms with Gasteiger partial charge in [-0.25, -0.2) is 0 Å². The van der Waals surface area contributed by atoms with Crippen LogP contribution < -0.4 is 4.74 Å². The molecule has 2 aromatic rings. The molecule has 0 spiro atoms. The minimum absolute atomic E-state index is 0.0328. The van der Waals surface area contributed by atoms with Gasteiger partial charge in [0.1, 0.15) is 12.4 Å². The van der Waals surface area contributed by atoms with Gasteiger partial charge in [0.2, 0.25) is 0 Å². The van der Waals surface area contributed by atoms with Crippen molar-refractivity contribution in [3.05, 3.63) is 63.1 Å². The normalized spacial score (nSPS) is 21.4. The number of carboxylic acid groups (broad SMARTS) is 1. The molecule has 6 heteroatoms. The zero-order valence-electron chi connectivity index (χ0n) is 17.3. The van der Waals surface area contributed by atoms with Crippen LogP contribution in [0, 0.1) is 5.92 Å². The fourth-order valence-corrected chi connectivity index (χ4v) is 5.32. The van der Waals surface area contributed by atoms with Crippen LogP contribution in [-0.4, -0.2) is 29.1 Å². The van der Waals surface area contributed by atoms with Crippen molar-refractivity contribution < 1.29 is 14.6 Å². The predicted molar refractivity (Wildman–Crippen MR) is 120 cm³/mol. The van der Waals surface area contributed by atoms with Crippen LogP contribution >= 0.6 is 23.2 Å². The molecule has 4 rings (SSSR count). The van der Waals surface area contributed by atoms with Crippen molar-refractivity contribution in [3.8, 4) is 5.75 Å². The smallest absolute Gasteiger partial charge is 0.306 e. The Balaban J connectivity index is 1.51. The molecule has 2 aliphatic rings. The van der Waals surface area contributed by atoms with Gasteiger partial charge in [0.15, 0.2) is 0 Å². The highest BCUT2D eigenvalue weighted by molar-refractivity contribution is 6.35. The Hall–Kier alpha value is -1.75. The zero-order valence-corrected chi connectivity index (χ0v) is 18.8. The Kier molecular flexibility index (Phi) is 6.02. The lowest BCUT2D eigenvalue weighted by Gasteiger charge is -2.35. The van der Waals surface area contributed by atoms with E-state index in [9.17, 15) is 9.90 Å². The summed E-state index contributed by atoms with van der Waals surface area (Å²) in [6.07, 6.45) is 2.47. The standard InChI is InChI=1S/C24H27Cl2NO3/c1-24(2)13-22(27-10-8-15(9-11-27)23(28)29)17-7-6-16(12-19(17)24)30-14-18-20(25)4-3-5-21(18)26/h3-7,12,15,22H,8-11,13-14H2,1-2H3,(H,28,29). The first-order chi connectivity index (χ1) is 14.3. The summed E-state index contributed by atoms with van der Waals surface area (Å²) >= 11 is 12.5. The monoisotopic (exact) mass is 447 g/mol. The lowest BCUT2D eigenvalue weighted by Crippen LogP contribution is -2.38. The molecule has 0 bridgehead atoms. The summed E-state index contributed by atoms with van der Waals surface area (Å²) < 4.78 is 6.05. The van der Waals surface area contributed by atoms with E-state index >= 15 is 0 Å². The SMILES string of the molecule is CC1(C)CC(N2CCC(C(=O)O)CC2)c2ccc(OCc3c(Cl)cccc3Cl)cc21. The number of likely N-dealkylation sites (tertiary alicyclic amines) is 1. The van der Waals surface area contributed by atoms with Crippen molar-refractivity contribution in [1.82, 2.24) is 4.90 Å². The van der Waals surface area contributed by atoms with Gasteiger partial charge in [-0.2, -0.15) is 0 Å². The highest BCUT2D eigenvalue weighted by Gasteiger charge is 2.41. The maximum absolute atomic E-state index is 11.3. The van der Waals surface area contributed by atoms with Crippen LogP contribution in [0.25, 0.3) is 0 Å². The van der Waals surface area contributed by atoms with Crippen molar-refractivity contribution in [2.24, 2.45) is 5.92 Å². The van der Waals surface area contributed by atoms with Crippen molar-refractivity contribution in [1.29, 1.82) is 0 Å². The van der Waals surface area contributed by atoms with Crippen LogP contribution in [0.15, 0.2) is 36.4 Å². The number of aliphatic carboxylic acids is 1. The van der Waals surface area contributed by atoms with Gasteiger partial charge >= 0.3 is 5.97 Å². The molecule has 1 heterocycles. The molecular weight excluding hydrogens is 421 g/mol. The lowest BCUT2D eigenvalue weighted by atomic mass is 9.86. The second kappa shape index (κ2) is 8.41. The molecule has 1 N–H and O–H groups in total. The van der Waals surface area contributed by atoms with Crippen molar-refractivity contribution in [2.75, 3.05) is 13.1 Å². The Morgan fingerprint density at radius 3 is 2.47 bits per heavy atom. The van der Waals surface area contributed by atoms with Gasteiger partial charge in [-0.1, -0.05) is 49.2 Å². The number of rotatable bonds is 5. The summed E-state index contributed by atoms with van der Waals surface area (Å²) in [5, 5.41) is 10.5. The van der Waals surface area contributed by atoms with Crippen LogP contribution in [-0.2, 0) is 16.8 Å². The highest BCUT2D eigenvalue weighted by atomic mass is 35.5. The van der Waals surface area contributed by atoms with Gasteiger partial charge < -0.3 is 9.84 Å². The number of ether oxygens (including phenoxy) is 1. The molecule has 30 heavy (non-hydrogen) atoms. The van der Waals surface area contributed by atoms with Gasteiger partial charge in [0, 0.05) is 21.7 Å². The minimum Gasteiger partial charge on any atom is -0.489 e. The molecule has 0 radical (unpaired) electrons. The number of nitrogens with zero attached hydrogens (tertiary/aromatic N) is 1. The first kappa shape index (κ1) is 21.5. The minimum atomic E-state index is -0.665. The van der Waals surface area contributed by atoms with E-state index in [2.05, 4.69) is 30.9 Å². The van der Waals surface area contributed by atoms with Crippen LogP contribution in [0.4, 0.5) is 0 Å². The molecule has 160 valence electrons. The topological polar surface area (TPSA) is 49.8 Å². The molecule has 0 amide bonds. The van der Waals surface area contributed by atoms with E-state index in [-0.39, 0.29) is 11.3 Å². The van der Waals surface area contributed by atoms with Gasteiger partial charge in [-0.15, -0.1) is 0 Å². The maximum Gasteiger partial charge on any atom is 0.306 e. The molecule has 4 nitrogen and oxygen atoms in total. The number of carbonyl (C=O) groups is 1. The molecular formula is C24H27Cl2NO3. The fraction of sp³-hybridized carbons (Fsp3) is 0.458. The van der Waals surface area contributed by atoms with Crippen molar-refractivity contribution in [2.45, 2.75) is 51.2 Å². The Morgan fingerprint density at radius 2 is 1.83 bits per heavy atom. The fourth-order valence-electron chi connectivity index (χ4n) is 4.81. The van der Waals surface area contributed by atoms with Gasteiger partial charge in [-0.05, 0) is 73.2 Å². The number of fused-ring (bicyclic) bond motifs is 1. The second-order valence-electron chi connectivity index (χ2n) is 8.99. The van der Waals surface area contributed by atoms with E-state index in [1.165, 1.54) is 11.1 Å². The molecule has 1 saturated heterocycles. The third-order valence-electron chi connectivity index (χ3n) is 6.58. The summed E-state index contributed by atoms with van der Waals surface area (Å²) in [6, 6.07) is 12.1. The molecule has 1 unspecified atom stereocenters. The van der Waals surface area contributed by atoms with E-state index in [0.29, 0.717) is 22.7 Å². The Labute approximate surface area is 187 Å². The third-order valence-corrected chi connectivity index (χ3v) is 7.29. The van der Waals surface area contributed by atoms with Gasteiger partial charge in [-0.3, -0.25) is 9.69 Å². The van der Waals surface area contributed by atoms with E-state index in [0.717, 1.165) is 43.7 Å². The number of benzene rings is 2. The maximum atomic E-state index is 11.3. The zero-order chi connectivity index (χ0) is 21.5. The quantitative estimate of drug-likeness (QED) is 0.601. The average molecular weight is 448 g/mol. The molecule has 1 aliphatic heterocycles. The number of halogens is 2. The largest absolute Gasteiger partial charge is 0.489 e. The molecule has 1 atom stereocenters. The third kappa shape index (κ3) is 4.18. The van der Waals surface area contributed by atoms with Crippen LogP contribution in [0.5, 0.6) is 5.75 Å². The lowest BCUT2D eigenvalue weighted by molar-refractivity contribution is -0.143. The number of carboxylic acids is 1. The first-order valence-corrected chi connectivity index (χ1v) is 11.2. The van der Waals surface area contributed by atoms with Crippen LogP contribution in [0.2, 0.25) is 10.0 Å². The number of piperidine rings is 1. The van der Waals surface area contributed by atoms with Gasteiger partial charge in [0.05, 0.1) is 5.92 Å². The van der Waals surface area contributed by atoms with Crippen LogP contribution in [0.3, 0.4) is 0 Å².